The van der Waals surface area contributed by atoms with Crippen molar-refractivity contribution < 1.29 is 9.90 Å². The topological polar surface area (TPSA) is 37.3 Å². The Labute approximate surface area is 78.2 Å². The van der Waals surface area contributed by atoms with Gasteiger partial charge in [-0.15, -0.1) is 0 Å². The second-order valence-corrected chi connectivity index (χ2v) is 3.18. The number of hydrogen-bond acceptors (Lipinski definition) is 1. The van der Waals surface area contributed by atoms with E-state index in [0.717, 1.165) is 12.0 Å². The van der Waals surface area contributed by atoms with Crippen molar-refractivity contribution in [2.45, 2.75) is 26.7 Å². The molecule has 13 heavy (non-hydrogen) atoms. The van der Waals surface area contributed by atoms with Crippen LogP contribution in [0.3, 0.4) is 0 Å². The molecule has 2 heteroatoms. The monoisotopic (exact) mass is 178 g/mol. The molecular formula is C11H14O2. The average molecular weight is 178 g/mol. The molecule has 0 unspecified atom stereocenters. The summed E-state index contributed by atoms with van der Waals surface area (Å²) in [5.41, 5.74) is 3.35. The molecule has 1 aromatic carbocycles. The van der Waals surface area contributed by atoms with Gasteiger partial charge < -0.3 is 5.11 Å². The summed E-state index contributed by atoms with van der Waals surface area (Å²) in [5, 5.41) is 8.60. The van der Waals surface area contributed by atoms with Gasteiger partial charge in [0, 0.05) is 0 Å². The molecule has 0 fully saturated rings. The first-order valence-corrected chi connectivity index (χ1v) is 4.43. The Hall–Kier alpha value is -1.31. The Morgan fingerprint density at radius 1 is 1.46 bits per heavy atom. The zero-order valence-electron chi connectivity index (χ0n) is 8.00. The Morgan fingerprint density at radius 2 is 2.15 bits per heavy atom. The van der Waals surface area contributed by atoms with Crippen molar-refractivity contribution in [2.24, 2.45) is 0 Å². The highest BCUT2D eigenvalue weighted by molar-refractivity contribution is 5.70. The summed E-state index contributed by atoms with van der Waals surface area (Å²) in [6.07, 6.45) is 1.08. The van der Waals surface area contributed by atoms with E-state index in [4.69, 9.17) is 5.11 Å². The van der Waals surface area contributed by atoms with Gasteiger partial charge in [0.25, 0.3) is 0 Å². The van der Waals surface area contributed by atoms with Crippen LogP contribution in [0.15, 0.2) is 18.2 Å². The molecule has 1 rings (SSSR count). The summed E-state index contributed by atoms with van der Waals surface area (Å²) in [6, 6.07) is 5.84. The number of benzene rings is 1. The van der Waals surface area contributed by atoms with Gasteiger partial charge in [-0.25, -0.2) is 0 Å². The van der Waals surface area contributed by atoms with Crippen molar-refractivity contribution in [3.63, 3.8) is 0 Å². The molecule has 0 bridgehead atoms. The molecule has 1 aromatic rings. The summed E-state index contributed by atoms with van der Waals surface area (Å²) in [6.45, 7) is 4.12. The second kappa shape index (κ2) is 4.08. The highest BCUT2D eigenvalue weighted by Crippen LogP contribution is 2.12. The number of carbonyl (C=O) groups is 1. The predicted octanol–water partition coefficient (Wildman–Crippen LogP) is 2.18. The molecule has 0 aliphatic carbocycles. The summed E-state index contributed by atoms with van der Waals surface area (Å²) in [4.78, 5) is 10.5. The van der Waals surface area contributed by atoms with Gasteiger partial charge >= 0.3 is 5.97 Å². The molecule has 0 aliphatic heterocycles. The molecule has 0 aliphatic rings. The second-order valence-electron chi connectivity index (χ2n) is 3.18. The normalized spacial score (nSPS) is 10.0. The molecule has 0 spiro atoms. The lowest BCUT2D eigenvalue weighted by Crippen LogP contribution is -2.01. The number of carboxylic acids is 1. The molecule has 0 radical (unpaired) electrons. The Morgan fingerprint density at radius 3 is 2.69 bits per heavy atom. The van der Waals surface area contributed by atoms with Crippen molar-refractivity contribution in [1.29, 1.82) is 0 Å². The minimum atomic E-state index is -0.772. The van der Waals surface area contributed by atoms with E-state index in [9.17, 15) is 4.79 Å². The third-order valence-corrected chi connectivity index (χ3v) is 2.15. The predicted molar refractivity (Wildman–Crippen MR) is 51.9 cm³/mol. The maximum atomic E-state index is 10.5. The molecular weight excluding hydrogens is 164 g/mol. The van der Waals surface area contributed by atoms with E-state index in [1.165, 1.54) is 11.1 Å². The fraction of sp³-hybridized carbons (Fsp3) is 0.364. The molecule has 0 saturated carbocycles. The average Bonchev–Trinajstić information content (AvgIpc) is 2.07. The Kier molecular flexibility index (Phi) is 3.07. The zero-order valence-corrected chi connectivity index (χ0v) is 8.00. The molecule has 2 nitrogen and oxygen atoms in total. The zero-order chi connectivity index (χ0) is 9.84. The highest BCUT2D eigenvalue weighted by atomic mass is 16.4. The van der Waals surface area contributed by atoms with Crippen molar-refractivity contribution >= 4 is 5.97 Å². The van der Waals surface area contributed by atoms with E-state index < -0.39 is 5.97 Å². The molecule has 0 heterocycles. The van der Waals surface area contributed by atoms with Crippen LogP contribution in [0, 0.1) is 6.92 Å². The van der Waals surface area contributed by atoms with Crippen LogP contribution in [-0.2, 0) is 17.6 Å². The molecule has 70 valence electrons. The maximum Gasteiger partial charge on any atom is 0.307 e. The maximum absolute atomic E-state index is 10.5. The largest absolute Gasteiger partial charge is 0.481 e. The van der Waals surface area contributed by atoms with Gasteiger partial charge in [0.15, 0.2) is 0 Å². The number of aliphatic carboxylic acids is 1. The lowest BCUT2D eigenvalue weighted by molar-refractivity contribution is -0.136. The third kappa shape index (κ3) is 2.58. The van der Waals surface area contributed by atoms with Gasteiger partial charge in [0.1, 0.15) is 0 Å². The number of carboxylic acid groups (broad SMARTS) is 1. The van der Waals surface area contributed by atoms with Crippen molar-refractivity contribution in [2.75, 3.05) is 0 Å². The van der Waals surface area contributed by atoms with Gasteiger partial charge in [-0.1, -0.05) is 25.1 Å². The van der Waals surface area contributed by atoms with Crippen molar-refractivity contribution in [3.8, 4) is 0 Å². The molecule has 0 aromatic heterocycles. The summed E-state index contributed by atoms with van der Waals surface area (Å²) in [7, 11) is 0. The van der Waals surface area contributed by atoms with Crippen LogP contribution in [0.1, 0.15) is 23.6 Å². The fourth-order valence-corrected chi connectivity index (χ4v) is 1.39. The van der Waals surface area contributed by atoms with Crippen LogP contribution in [-0.4, -0.2) is 11.1 Å². The van der Waals surface area contributed by atoms with Gasteiger partial charge in [-0.05, 0) is 30.0 Å². The number of hydrogen-bond donors (Lipinski definition) is 1. The van der Waals surface area contributed by atoms with Crippen LogP contribution >= 0.6 is 0 Å². The number of aryl methyl sites for hydroxylation is 2. The van der Waals surface area contributed by atoms with Gasteiger partial charge in [-0.3, -0.25) is 4.79 Å². The molecule has 0 saturated heterocycles. The SMILES string of the molecule is CCc1cc(CC(=O)O)ccc1C. The minimum Gasteiger partial charge on any atom is -0.481 e. The number of rotatable bonds is 3. The molecule has 0 atom stereocenters. The van der Waals surface area contributed by atoms with Crippen molar-refractivity contribution in [3.05, 3.63) is 34.9 Å². The first-order chi connectivity index (χ1) is 6.13. The van der Waals surface area contributed by atoms with E-state index in [1.54, 1.807) is 0 Å². The van der Waals surface area contributed by atoms with Crippen LogP contribution in [0.4, 0.5) is 0 Å². The van der Waals surface area contributed by atoms with Crippen LogP contribution in [0.5, 0.6) is 0 Å². The van der Waals surface area contributed by atoms with Gasteiger partial charge in [0.2, 0.25) is 0 Å². The first-order valence-electron chi connectivity index (χ1n) is 4.43. The van der Waals surface area contributed by atoms with Crippen molar-refractivity contribution in [1.82, 2.24) is 0 Å². The van der Waals surface area contributed by atoms with E-state index >= 15 is 0 Å². The third-order valence-electron chi connectivity index (χ3n) is 2.15. The lowest BCUT2D eigenvalue weighted by Gasteiger charge is -2.04. The Balaban J connectivity index is 2.92. The highest BCUT2D eigenvalue weighted by Gasteiger charge is 2.02. The molecule has 1 N–H and O–H groups in total. The summed E-state index contributed by atoms with van der Waals surface area (Å²) >= 11 is 0. The minimum absolute atomic E-state index is 0.118. The summed E-state index contributed by atoms with van der Waals surface area (Å²) < 4.78 is 0. The van der Waals surface area contributed by atoms with E-state index in [-0.39, 0.29) is 6.42 Å². The van der Waals surface area contributed by atoms with E-state index in [1.807, 2.05) is 25.1 Å². The quantitative estimate of drug-likeness (QED) is 0.770. The lowest BCUT2D eigenvalue weighted by atomic mass is 10.0. The van der Waals surface area contributed by atoms with E-state index in [0.29, 0.717) is 0 Å². The molecule has 0 amide bonds. The van der Waals surface area contributed by atoms with Gasteiger partial charge in [0.05, 0.1) is 6.42 Å². The van der Waals surface area contributed by atoms with E-state index in [2.05, 4.69) is 6.92 Å². The Bertz CT molecular complexity index is 316. The standard InChI is InChI=1S/C11H14O2/c1-3-10-6-9(7-11(12)13)5-4-8(10)2/h4-6H,3,7H2,1-2H3,(H,12,13). The summed E-state index contributed by atoms with van der Waals surface area (Å²) in [5.74, 6) is -0.772. The van der Waals surface area contributed by atoms with Crippen LogP contribution in [0.25, 0.3) is 0 Å². The fourth-order valence-electron chi connectivity index (χ4n) is 1.39. The smallest absolute Gasteiger partial charge is 0.307 e. The van der Waals surface area contributed by atoms with Crippen LogP contribution < -0.4 is 0 Å². The first kappa shape index (κ1) is 9.78. The van der Waals surface area contributed by atoms with Crippen LogP contribution in [0.2, 0.25) is 0 Å². The van der Waals surface area contributed by atoms with Gasteiger partial charge in [-0.2, -0.15) is 0 Å².